The number of fused-ring (bicyclic) bond motifs is 1. The first-order chi connectivity index (χ1) is 7.79. The van der Waals surface area contributed by atoms with Crippen LogP contribution in [0.15, 0.2) is 22.7 Å². The smallest absolute Gasteiger partial charge is 0.243 e. The number of pyridine rings is 1. The fourth-order valence-corrected chi connectivity index (χ4v) is 2.38. The van der Waals surface area contributed by atoms with E-state index in [9.17, 15) is 13.2 Å². The van der Waals surface area contributed by atoms with Crippen LogP contribution in [-0.2, 0) is 6.18 Å². The van der Waals surface area contributed by atoms with E-state index in [1.54, 1.807) is 19.1 Å². The van der Waals surface area contributed by atoms with E-state index in [1.165, 1.54) is 0 Å². The maximum Gasteiger partial charge on any atom is 0.433 e. The molecule has 0 bridgehead atoms. The first kappa shape index (κ1) is 12.6. The number of aromatic nitrogens is 1. The first-order valence-electron chi connectivity index (χ1n) is 4.62. The molecule has 1 heterocycles. The van der Waals surface area contributed by atoms with Crippen molar-refractivity contribution >= 4 is 38.4 Å². The Balaban J connectivity index is 2.83. The topological polar surface area (TPSA) is 12.9 Å². The second kappa shape index (κ2) is 4.14. The summed E-state index contributed by atoms with van der Waals surface area (Å²) >= 11 is 9.12. The Morgan fingerprint density at radius 1 is 1.24 bits per heavy atom. The molecule has 17 heavy (non-hydrogen) atoms. The SMILES string of the molecule is Cc1cc(Br)cc2c(Cl)cc(C(F)(F)F)nc12. The van der Waals surface area contributed by atoms with Gasteiger partial charge in [0.05, 0.1) is 10.5 Å². The van der Waals surface area contributed by atoms with Crippen LogP contribution in [0.3, 0.4) is 0 Å². The molecule has 0 saturated carbocycles. The van der Waals surface area contributed by atoms with E-state index >= 15 is 0 Å². The van der Waals surface area contributed by atoms with Crippen molar-refractivity contribution in [2.75, 3.05) is 0 Å². The third-order valence-electron chi connectivity index (χ3n) is 2.31. The molecular weight excluding hydrogens is 318 g/mol. The molecule has 0 amide bonds. The van der Waals surface area contributed by atoms with Crippen LogP contribution in [0.2, 0.25) is 5.02 Å². The fourth-order valence-electron chi connectivity index (χ4n) is 1.56. The fraction of sp³-hybridized carbons (Fsp3) is 0.182. The molecule has 0 fully saturated rings. The Morgan fingerprint density at radius 2 is 1.88 bits per heavy atom. The summed E-state index contributed by atoms with van der Waals surface area (Å²) in [5, 5.41) is 0.554. The van der Waals surface area contributed by atoms with Gasteiger partial charge in [0.15, 0.2) is 0 Å². The van der Waals surface area contributed by atoms with Crippen molar-refractivity contribution in [3.8, 4) is 0 Å². The Hall–Kier alpha value is -0.810. The van der Waals surface area contributed by atoms with Crippen molar-refractivity contribution in [2.45, 2.75) is 13.1 Å². The van der Waals surface area contributed by atoms with Gasteiger partial charge in [-0.05, 0) is 30.7 Å². The minimum atomic E-state index is -4.49. The molecule has 0 saturated heterocycles. The molecule has 0 aliphatic rings. The van der Waals surface area contributed by atoms with Gasteiger partial charge in [0, 0.05) is 9.86 Å². The van der Waals surface area contributed by atoms with Crippen LogP contribution in [0.5, 0.6) is 0 Å². The van der Waals surface area contributed by atoms with Gasteiger partial charge in [-0.3, -0.25) is 0 Å². The molecule has 2 rings (SSSR count). The summed E-state index contributed by atoms with van der Waals surface area (Å²) in [7, 11) is 0. The number of nitrogens with zero attached hydrogens (tertiary/aromatic N) is 1. The molecule has 0 atom stereocenters. The lowest BCUT2D eigenvalue weighted by Crippen LogP contribution is -2.08. The van der Waals surface area contributed by atoms with E-state index in [-0.39, 0.29) is 10.5 Å². The highest BCUT2D eigenvalue weighted by Crippen LogP contribution is 2.34. The molecule has 0 unspecified atom stereocenters. The third-order valence-corrected chi connectivity index (χ3v) is 3.08. The van der Waals surface area contributed by atoms with Gasteiger partial charge in [0.25, 0.3) is 0 Å². The van der Waals surface area contributed by atoms with Gasteiger partial charge in [-0.2, -0.15) is 13.2 Å². The van der Waals surface area contributed by atoms with Gasteiger partial charge < -0.3 is 0 Å². The second-order valence-corrected chi connectivity index (χ2v) is 4.93. The van der Waals surface area contributed by atoms with Crippen LogP contribution in [0.1, 0.15) is 11.3 Å². The van der Waals surface area contributed by atoms with E-state index < -0.39 is 11.9 Å². The first-order valence-corrected chi connectivity index (χ1v) is 5.80. The van der Waals surface area contributed by atoms with E-state index in [0.29, 0.717) is 10.9 Å². The molecule has 0 N–H and O–H groups in total. The predicted octanol–water partition coefficient (Wildman–Crippen LogP) is 4.98. The third kappa shape index (κ3) is 2.40. The zero-order valence-electron chi connectivity index (χ0n) is 8.57. The monoisotopic (exact) mass is 323 g/mol. The lowest BCUT2D eigenvalue weighted by atomic mass is 10.1. The highest BCUT2D eigenvalue weighted by atomic mass is 79.9. The molecule has 0 aliphatic heterocycles. The summed E-state index contributed by atoms with van der Waals surface area (Å²) in [5.74, 6) is 0. The maximum atomic E-state index is 12.6. The number of rotatable bonds is 0. The van der Waals surface area contributed by atoms with Crippen LogP contribution in [0, 0.1) is 6.92 Å². The van der Waals surface area contributed by atoms with Crippen molar-refractivity contribution in [1.82, 2.24) is 4.98 Å². The van der Waals surface area contributed by atoms with Gasteiger partial charge >= 0.3 is 6.18 Å². The molecule has 0 aliphatic carbocycles. The van der Waals surface area contributed by atoms with Crippen molar-refractivity contribution in [2.24, 2.45) is 0 Å². The van der Waals surface area contributed by atoms with Crippen LogP contribution < -0.4 is 0 Å². The van der Waals surface area contributed by atoms with Crippen LogP contribution in [-0.4, -0.2) is 4.98 Å². The van der Waals surface area contributed by atoms with Gasteiger partial charge in [-0.25, -0.2) is 4.98 Å². The molecular formula is C11H6BrClF3N. The van der Waals surface area contributed by atoms with Gasteiger partial charge in [-0.15, -0.1) is 0 Å². The molecule has 0 spiro atoms. The Morgan fingerprint density at radius 3 is 2.47 bits per heavy atom. The lowest BCUT2D eigenvalue weighted by Gasteiger charge is -2.10. The summed E-state index contributed by atoms with van der Waals surface area (Å²) < 4.78 is 38.5. The summed E-state index contributed by atoms with van der Waals surface area (Å²) in [6.45, 7) is 1.69. The summed E-state index contributed by atoms with van der Waals surface area (Å²) in [6, 6.07) is 4.19. The van der Waals surface area contributed by atoms with E-state index in [2.05, 4.69) is 20.9 Å². The van der Waals surface area contributed by atoms with Gasteiger partial charge in [0.2, 0.25) is 0 Å². The quantitative estimate of drug-likeness (QED) is 0.666. The zero-order chi connectivity index (χ0) is 12.8. The molecule has 0 radical (unpaired) electrons. The van der Waals surface area contributed by atoms with Crippen LogP contribution >= 0.6 is 27.5 Å². The summed E-state index contributed by atoms with van der Waals surface area (Å²) in [6.07, 6.45) is -4.49. The molecule has 2 aromatic rings. The van der Waals surface area contributed by atoms with Gasteiger partial charge in [0.1, 0.15) is 5.69 Å². The molecule has 1 nitrogen and oxygen atoms in total. The number of hydrogen-bond acceptors (Lipinski definition) is 1. The van der Waals surface area contributed by atoms with Crippen molar-refractivity contribution in [3.63, 3.8) is 0 Å². The number of hydrogen-bond donors (Lipinski definition) is 0. The largest absolute Gasteiger partial charge is 0.433 e. The molecule has 90 valence electrons. The van der Waals surface area contributed by atoms with E-state index in [0.717, 1.165) is 10.5 Å². The molecule has 6 heteroatoms. The van der Waals surface area contributed by atoms with Crippen molar-refractivity contribution in [1.29, 1.82) is 0 Å². The molecule has 1 aromatic heterocycles. The lowest BCUT2D eigenvalue weighted by molar-refractivity contribution is -0.140. The standard InChI is InChI=1S/C11H6BrClF3N/c1-5-2-6(12)3-7-8(13)4-9(11(14,15)16)17-10(5)7/h2-4H,1H3. The summed E-state index contributed by atoms with van der Waals surface area (Å²) in [5.41, 5.74) is -0.0594. The number of halogens is 5. The minimum Gasteiger partial charge on any atom is -0.243 e. The summed E-state index contributed by atoms with van der Waals surface area (Å²) in [4.78, 5) is 3.62. The Labute approximate surface area is 109 Å². The number of benzene rings is 1. The Kier molecular flexibility index (Phi) is 3.08. The van der Waals surface area contributed by atoms with Crippen molar-refractivity contribution in [3.05, 3.63) is 39.0 Å². The normalized spacial score (nSPS) is 12.1. The number of aryl methyl sites for hydroxylation is 1. The minimum absolute atomic E-state index is 0.0479. The highest BCUT2D eigenvalue weighted by Gasteiger charge is 2.33. The predicted molar refractivity (Wildman–Crippen MR) is 64.2 cm³/mol. The van der Waals surface area contributed by atoms with Gasteiger partial charge in [-0.1, -0.05) is 27.5 Å². The maximum absolute atomic E-state index is 12.6. The second-order valence-electron chi connectivity index (χ2n) is 3.61. The zero-order valence-corrected chi connectivity index (χ0v) is 10.9. The van der Waals surface area contributed by atoms with Crippen LogP contribution in [0.25, 0.3) is 10.9 Å². The van der Waals surface area contributed by atoms with E-state index in [4.69, 9.17) is 11.6 Å². The van der Waals surface area contributed by atoms with E-state index in [1.807, 2.05) is 0 Å². The average Bonchev–Trinajstić information content (AvgIpc) is 2.17. The Bertz CT molecular complexity index is 595. The highest BCUT2D eigenvalue weighted by molar-refractivity contribution is 9.10. The van der Waals surface area contributed by atoms with Crippen molar-refractivity contribution < 1.29 is 13.2 Å². The van der Waals surface area contributed by atoms with Crippen LogP contribution in [0.4, 0.5) is 13.2 Å². The number of alkyl halides is 3. The average molecular weight is 325 g/mol. The molecule has 1 aromatic carbocycles.